The highest BCUT2D eigenvalue weighted by Gasteiger charge is 2.22. The van der Waals surface area contributed by atoms with E-state index in [1.807, 2.05) is 0 Å². The summed E-state index contributed by atoms with van der Waals surface area (Å²) in [5.41, 5.74) is 5.85. The zero-order valence-electron chi connectivity index (χ0n) is 10.8. The summed E-state index contributed by atoms with van der Waals surface area (Å²) in [5, 5.41) is 0. The van der Waals surface area contributed by atoms with Crippen molar-refractivity contribution in [3.05, 3.63) is 71.8 Å². The second kappa shape index (κ2) is 4.81. The molecule has 0 amide bonds. The second-order valence-electron chi connectivity index (χ2n) is 5.20. The van der Waals surface area contributed by atoms with Gasteiger partial charge in [-0.05, 0) is 41.0 Å². The molecule has 0 bridgehead atoms. The molecule has 18 heavy (non-hydrogen) atoms. The van der Waals surface area contributed by atoms with Gasteiger partial charge in [0.15, 0.2) is 0 Å². The first-order chi connectivity index (χ1) is 8.84. The van der Waals surface area contributed by atoms with Crippen LogP contribution < -0.4 is 0 Å². The van der Waals surface area contributed by atoms with E-state index in [0.29, 0.717) is 0 Å². The molecule has 3 rings (SSSR count). The van der Waals surface area contributed by atoms with Gasteiger partial charge in [-0.25, -0.2) is 0 Å². The van der Waals surface area contributed by atoms with Crippen molar-refractivity contribution < 1.29 is 0 Å². The molecule has 0 fully saturated rings. The quantitative estimate of drug-likeness (QED) is 0.684. The lowest BCUT2D eigenvalue weighted by atomic mass is 9.97. The molecule has 0 heterocycles. The lowest BCUT2D eigenvalue weighted by Crippen LogP contribution is -1.85. The molecule has 0 heteroatoms. The smallest absolute Gasteiger partial charge is 0.0221 e. The molecule has 0 saturated heterocycles. The van der Waals surface area contributed by atoms with Crippen LogP contribution in [0, 0.1) is 5.92 Å². The van der Waals surface area contributed by atoms with Gasteiger partial charge >= 0.3 is 0 Å². The maximum absolute atomic E-state index is 2.35. The third-order valence-electron chi connectivity index (χ3n) is 3.71. The Labute approximate surface area is 109 Å². The molecule has 0 aliphatic heterocycles. The fourth-order valence-electron chi connectivity index (χ4n) is 2.88. The Bertz CT molecular complexity index is 498. The second-order valence-corrected chi connectivity index (χ2v) is 5.20. The molecule has 2 aromatic carbocycles. The van der Waals surface area contributed by atoms with Crippen molar-refractivity contribution in [2.45, 2.75) is 19.8 Å². The minimum Gasteiger partial charge on any atom is -0.0622 e. The summed E-state index contributed by atoms with van der Waals surface area (Å²) in [5.74, 6) is 0.760. The van der Waals surface area contributed by atoms with Crippen molar-refractivity contribution in [1.29, 1.82) is 0 Å². The Morgan fingerprint density at radius 1 is 0.667 bits per heavy atom. The zero-order valence-corrected chi connectivity index (χ0v) is 10.8. The Kier molecular flexibility index (Phi) is 3.02. The minimum atomic E-state index is 0.760. The first-order valence-corrected chi connectivity index (χ1v) is 6.67. The summed E-state index contributed by atoms with van der Waals surface area (Å²) < 4.78 is 0. The van der Waals surface area contributed by atoms with E-state index in [2.05, 4.69) is 67.6 Å². The molecule has 1 aliphatic carbocycles. The van der Waals surface area contributed by atoms with E-state index in [4.69, 9.17) is 0 Å². The van der Waals surface area contributed by atoms with Gasteiger partial charge in [0.05, 0.1) is 0 Å². The summed E-state index contributed by atoms with van der Waals surface area (Å²) in [4.78, 5) is 0. The van der Waals surface area contributed by atoms with Gasteiger partial charge in [0.2, 0.25) is 0 Å². The van der Waals surface area contributed by atoms with Crippen molar-refractivity contribution in [3.63, 3.8) is 0 Å². The van der Waals surface area contributed by atoms with Gasteiger partial charge in [0.1, 0.15) is 0 Å². The molecular weight excluding hydrogens is 216 g/mol. The van der Waals surface area contributed by atoms with Gasteiger partial charge in [0, 0.05) is 0 Å². The number of hydrogen-bond acceptors (Lipinski definition) is 0. The van der Waals surface area contributed by atoms with Gasteiger partial charge in [-0.3, -0.25) is 0 Å². The van der Waals surface area contributed by atoms with Crippen LogP contribution in [-0.4, -0.2) is 0 Å². The summed E-state index contributed by atoms with van der Waals surface area (Å²) in [6.07, 6.45) is 2.41. The minimum absolute atomic E-state index is 0.760. The Balaban J connectivity index is 2.09. The van der Waals surface area contributed by atoms with Gasteiger partial charge < -0.3 is 0 Å². The Morgan fingerprint density at radius 2 is 1.06 bits per heavy atom. The van der Waals surface area contributed by atoms with E-state index in [9.17, 15) is 0 Å². The molecule has 0 nitrogen and oxygen atoms in total. The fraction of sp³-hybridized carbons (Fsp3) is 0.222. The average Bonchev–Trinajstić information content (AvgIpc) is 2.83. The third kappa shape index (κ3) is 2.11. The predicted octanol–water partition coefficient (Wildman–Crippen LogP) is 5.03. The maximum Gasteiger partial charge on any atom is -0.0221 e. The highest BCUT2D eigenvalue weighted by atomic mass is 14.3. The molecule has 0 spiro atoms. The van der Waals surface area contributed by atoms with Gasteiger partial charge in [-0.1, -0.05) is 67.6 Å². The highest BCUT2D eigenvalue weighted by molar-refractivity contribution is 5.93. The van der Waals surface area contributed by atoms with Crippen molar-refractivity contribution in [3.8, 4) is 0 Å². The summed E-state index contributed by atoms with van der Waals surface area (Å²) in [6, 6.07) is 21.6. The average molecular weight is 234 g/mol. The van der Waals surface area contributed by atoms with Crippen molar-refractivity contribution in [2.24, 2.45) is 5.92 Å². The number of rotatable bonds is 2. The van der Waals surface area contributed by atoms with Crippen LogP contribution in [0.2, 0.25) is 0 Å². The molecule has 0 atom stereocenters. The number of hydrogen-bond donors (Lipinski definition) is 0. The predicted molar refractivity (Wildman–Crippen MR) is 78.1 cm³/mol. The lowest BCUT2D eigenvalue weighted by molar-refractivity contribution is 0.647. The van der Waals surface area contributed by atoms with Crippen LogP contribution in [0.5, 0.6) is 0 Å². The first kappa shape index (κ1) is 11.3. The van der Waals surface area contributed by atoms with Crippen LogP contribution in [0.3, 0.4) is 0 Å². The summed E-state index contributed by atoms with van der Waals surface area (Å²) >= 11 is 0. The SMILES string of the molecule is CC1CC(c2ccccc2)=C(c2ccccc2)C1. The molecule has 0 aromatic heterocycles. The van der Waals surface area contributed by atoms with E-state index >= 15 is 0 Å². The zero-order chi connectivity index (χ0) is 12.4. The molecule has 0 N–H and O–H groups in total. The van der Waals surface area contributed by atoms with Crippen molar-refractivity contribution >= 4 is 11.1 Å². The number of benzene rings is 2. The highest BCUT2D eigenvalue weighted by Crippen LogP contribution is 2.42. The van der Waals surface area contributed by atoms with E-state index in [1.54, 1.807) is 0 Å². The number of allylic oxidation sites excluding steroid dienone is 2. The van der Waals surface area contributed by atoms with Crippen LogP contribution >= 0.6 is 0 Å². The van der Waals surface area contributed by atoms with E-state index in [1.165, 1.54) is 35.1 Å². The normalized spacial score (nSPS) is 16.3. The molecule has 0 saturated carbocycles. The first-order valence-electron chi connectivity index (χ1n) is 6.67. The van der Waals surface area contributed by atoms with Crippen LogP contribution in [0.25, 0.3) is 11.1 Å². The molecule has 0 radical (unpaired) electrons. The van der Waals surface area contributed by atoms with Gasteiger partial charge in [-0.2, -0.15) is 0 Å². The Morgan fingerprint density at radius 3 is 1.44 bits per heavy atom. The van der Waals surface area contributed by atoms with Gasteiger partial charge in [-0.15, -0.1) is 0 Å². The maximum atomic E-state index is 2.35. The molecule has 0 unspecified atom stereocenters. The van der Waals surface area contributed by atoms with E-state index < -0.39 is 0 Å². The van der Waals surface area contributed by atoms with Crippen molar-refractivity contribution in [1.82, 2.24) is 0 Å². The van der Waals surface area contributed by atoms with E-state index in [-0.39, 0.29) is 0 Å². The third-order valence-corrected chi connectivity index (χ3v) is 3.71. The molecule has 2 aromatic rings. The summed E-state index contributed by atoms with van der Waals surface area (Å²) in [7, 11) is 0. The van der Waals surface area contributed by atoms with Crippen LogP contribution in [0.1, 0.15) is 30.9 Å². The van der Waals surface area contributed by atoms with Crippen molar-refractivity contribution in [2.75, 3.05) is 0 Å². The standard InChI is InChI=1S/C18H18/c1-14-12-17(15-8-4-2-5-9-15)18(13-14)16-10-6-3-7-11-16/h2-11,14H,12-13H2,1H3. The molecular formula is C18H18. The van der Waals surface area contributed by atoms with Crippen LogP contribution in [-0.2, 0) is 0 Å². The van der Waals surface area contributed by atoms with E-state index in [0.717, 1.165) is 5.92 Å². The fourth-order valence-corrected chi connectivity index (χ4v) is 2.88. The molecule has 1 aliphatic rings. The molecule has 90 valence electrons. The van der Waals surface area contributed by atoms with Gasteiger partial charge in [0.25, 0.3) is 0 Å². The van der Waals surface area contributed by atoms with Crippen LogP contribution in [0.4, 0.5) is 0 Å². The van der Waals surface area contributed by atoms with Crippen LogP contribution in [0.15, 0.2) is 60.7 Å². The lowest BCUT2D eigenvalue weighted by Gasteiger charge is -2.08. The summed E-state index contributed by atoms with van der Waals surface area (Å²) in [6.45, 7) is 2.35. The topological polar surface area (TPSA) is 0 Å². The monoisotopic (exact) mass is 234 g/mol. The Hall–Kier alpha value is -1.82. The largest absolute Gasteiger partial charge is 0.0622 e.